The van der Waals surface area contributed by atoms with E-state index in [1.54, 1.807) is 6.20 Å². The molecule has 0 spiro atoms. The van der Waals surface area contributed by atoms with Crippen LogP contribution in [0, 0.1) is 0 Å². The molecule has 3 heteroatoms. The zero-order valence-corrected chi connectivity index (χ0v) is 6.99. The van der Waals surface area contributed by atoms with Crippen LogP contribution < -0.4 is 0 Å². The molecule has 3 nitrogen and oxygen atoms in total. The summed E-state index contributed by atoms with van der Waals surface area (Å²) in [6.45, 7) is 0. The normalized spacial score (nSPS) is 30.4. The second-order valence-corrected chi connectivity index (χ2v) is 3.46. The average Bonchev–Trinajstić information content (AvgIpc) is 2.57. The number of hydrogen-bond donors (Lipinski definition) is 1. The summed E-state index contributed by atoms with van der Waals surface area (Å²) >= 11 is 0. The van der Waals surface area contributed by atoms with Gasteiger partial charge in [0.05, 0.1) is 12.3 Å². The number of nitrogens with zero attached hydrogens (tertiary/aromatic N) is 1. The lowest BCUT2D eigenvalue weighted by molar-refractivity contribution is 0.0373. The van der Waals surface area contributed by atoms with Crippen LogP contribution in [0.2, 0.25) is 0 Å². The Labute approximate surface area is 71.8 Å². The molecule has 0 aliphatic heterocycles. The molecule has 2 atom stereocenters. The number of rotatable bonds is 1. The molecule has 1 saturated carbocycles. The molecule has 0 aromatic carbocycles. The highest BCUT2D eigenvalue weighted by Gasteiger charge is 2.26. The lowest BCUT2D eigenvalue weighted by Gasteiger charge is -2.24. The van der Waals surface area contributed by atoms with Gasteiger partial charge in [0, 0.05) is 12.1 Å². The topological polar surface area (TPSA) is 48.6 Å². The van der Waals surface area contributed by atoms with Gasteiger partial charge in [-0.05, 0) is 18.4 Å². The fraction of sp³-hybridized carbons (Fsp3) is 0.667. The van der Waals surface area contributed by atoms with Gasteiger partial charge in [-0.3, -0.25) is 5.10 Å². The molecule has 2 rings (SSSR count). The quantitative estimate of drug-likeness (QED) is 0.678. The first-order valence-electron chi connectivity index (χ1n) is 4.52. The maximum Gasteiger partial charge on any atom is 0.0999 e. The van der Waals surface area contributed by atoms with Crippen LogP contribution in [0.4, 0.5) is 0 Å². The summed E-state index contributed by atoms with van der Waals surface area (Å²) in [5.41, 5.74) is 1.09. The molecule has 1 aromatic heterocycles. The molecule has 1 radical (unpaired) electrons. The van der Waals surface area contributed by atoms with Crippen molar-refractivity contribution in [2.45, 2.75) is 37.7 Å². The third-order valence-electron chi connectivity index (χ3n) is 2.65. The van der Waals surface area contributed by atoms with Crippen molar-refractivity contribution in [1.82, 2.24) is 10.2 Å². The fourth-order valence-corrected chi connectivity index (χ4v) is 1.94. The Balaban J connectivity index is 2.11. The van der Waals surface area contributed by atoms with Gasteiger partial charge in [0.2, 0.25) is 0 Å². The minimum absolute atomic E-state index is 0.206. The third kappa shape index (κ3) is 1.37. The zero-order chi connectivity index (χ0) is 8.39. The van der Waals surface area contributed by atoms with Gasteiger partial charge in [-0.1, -0.05) is 12.8 Å². The van der Waals surface area contributed by atoms with Crippen molar-refractivity contribution in [1.29, 1.82) is 0 Å². The van der Waals surface area contributed by atoms with Crippen LogP contribution in [0.25, 0.3) is 0 Å². The van der Waals surface area contributed by atoms with Gasteiger partial charge < -0.3 is 0 Å². The lowest BCUT2D eigenvalue weighted by atomic mass is 9.83. The average molecular weight is 165 g/mol. The maximum absolute atomic E-state index is 11.5. The van der Waals surface area contributed by atoms with Gasteiger partial charge in [0.15, 0.2) is 0 Å². The van der Waals surface area contributed by atoms with Crippen molar-refractivity contribution in [2.24, 2.45) is 0 Å². The molecular formula is C9H13N2O. The van der Waals surface area contributed by atoms with E-state index in [0.29, 0.717) is 0 Å². The summed E-state index contributed by atoms with van der Waals surface area (Å²) in [4.78, 5) is 0. The molecule has 1 aliphatic rings. The molecule has 0 amide bonds. The Bertz CT molecular complexity index is 233. The Morgan fingerprint density at radius 3 is 2.92 bits per heavy atom. The number of aromatic nitrogens is 2. The standard InChI is InChI=1S/C9H13N2O/c12-9-4-2-1-3-8(9)7-5-10-11-6-7/h5-6,8-9H,1-4H2,(H,10,11). The third-order valence-corrected chi connectivity index (χ3v) is 2.65. The Kier molecular flexibility index (Phi) is 2.13. The molecular weight excluding hydrogens is 152 g/mol. The number of nitrogens with one attached hydrogen (secondary N) is 1. The van der Waals surface area contributed by atoms with Crippen LogP contribution in [0.5, 0.6) is 0 Å². The van der Waals surface area contributed by atoms with E-state index in [1.807, 2.05) is 6.20 Å². The summed E-state index contributed by atoms with van der Waals surface area (Å²) < 4.78 is 0. The first-order valence-corrected chi connectivity index (χ1v) is 4.52. The highest BCUT2D eigenvalue weighted by molar-refractivity contribution is 5.13. The monoisotopic (exact) mass is 165 g/mol. The number of hydrogen-bond acceptors (Lipinski definition) is 1. The highest BCUT2D eigenvalue weighted by atomic mass is 16.3. The van der Waals surface area contributed by atoms with Crippen molar-refractivity contribution >= 4 is 0 Å². The van der Waals surface area contributed by atoms with E-state index in [9.17, 15) is 5.11 Å². The predicted octanol–water partition coefficient (Wildman–Crippen LogP) is 1.87. The Morgan fingerprint density at radius 2 is 2.25 bits per heavy atom. The van der Waals surface area contributed by atoms with Crippen LogP contribution in [0.1, 0.15) is 37.2 Å². The Hall–Kier alpha value is -0.830. The molecule has 1 N–H and O–H groups in total. The molecule has 1 heterocycles. The first-order chi connectivity index (χ1) is 5.88. The van der Waals surface area contributed by atoms with E-state index in [2.05, 4.69) is 10.2 Å². The van der Waals surface area contributed by atoms with E-state index in [-0.39, 0.29) is 5.92 Å². The largest absolute Gasteiger partial charge is 0.285 e. The summed E-state index contributed by atoms with van der Waals surface area (Å²) in [6, 6.07) is 0. The minimum Gasteiger partial charge on any atom is -0.285 e. The predicted molar refractivity (Wildman–Crippen MR) is 44.3 cm³/mol. The second-order valence-electron chi connectivity index (χ2n) is 3.46. The SMILES string of the molecule is [O]C1CCCCC1c1cn[nH]c1. The lowest BCUT2D eigenvalue weighted by Crippen LogP contribution is -2.20. The van der Waals surface area contributed by atoms with Crippen molar-refractivity contribution in [3.63, 3.8) is 0 Å². The smallest absolute Gasteiger partial charge is 0.0999 e. The molecule has 1 aromatic rings. The maximum atomic E-state index is 11.5. The van der Waals surface area contributed by atoms with Gasteiger partial charge >= 0.3 is 0 Å². The van der Waals surface area contributed by atoms with Gasteiger partial charge in [0.25, 0.3) is 0 Å². The molecule has 65 valence electrons. The van der Waals surface area contributed by atoms with E-state index < -0.39 is 6.10 Å². The molecule has 0 saturated heterocycles. The van der Waals surface area contributed by atoms with E-state index in [4.69, 9.17) is 0 Å². The van der Waals surface area contributed by atoms with Crippen LogP contribution in [0.3, 0.4) is 0 Å². The van der Waals surface area contributed by atoms with E-state index in [1.165, 1.54) is 6.42 Å². The summed E-state index contributed by atoms with van der Waals surface area (Å²) in [5, 5.41) is 18.2. The first kappa shape index (κ1) is 7.80. The highest BCUT2D eigenvalue weighted by Crippen LogP contribution is 2.32. The van der Waals surface area contributed by atoms with Crippen LogP contribution >= 0.6 is 0 Å². The van der Waals surface area contributed by atoms with Crippen molar-refractivity contribution in [3.8, 4) is 0 Å². The van der Waals surface area contributed by atoms with Gasteiger partial charge in [-0.15, -0.1) is 0 Å². The Morgan fingerprint density at radius 1 is 1.42 bits per heavy atom. The van der Waals surface area contributed by atoms with E-state index >= 15 is 0 Å². The van der Waals surface area contributed by atoms with E-state index in [0.717, 1.165) is 24.8 Å². The number of H-pyrrole nitrogens is 1. The molecule has 1 fully saturated rings. The van der Waals surface area contributed by atoms with Crippen molar-refractivity contribution in [2.75, 3.05) is 0 Å². The van der Waals surface area contributed by atoms with Crippen LogP contribution in [0.15, 0.2) is 12.4 Å². The zero-order valence-electron chi connectivity index (χ0n) is 6.99. The fourth-order valence-electron chi connectivity index (χ4n) is 1.94. The van der Waals surface area contributed by atoms with Crippen molar-refractivity contribution in [3.05, 3.63) is 18.0 Å². The molecule has 1 aliphatic carbocycles. The summed E-state index contributed by atoms with van der Waals surface area (Å²) in [5.74, 6) is 0.206. The second kappa shape index (κ2) is 3.27. The van der Waals surface area contributed by atoms with Gasteiger partial charge in [-0.2, -0.15) is 5.10 Å². The number of aromatic amines is 1. The van der Waals surface area contributed by atoms with Crippen molar-refractivity contribution < 1.29 is 5.11 Å². The minimum atomic E-state index is -0.406. The van der Waals surface area contributed by atoms with Gasteiger partial charge in [0.1, 0.15) is 0 Å². The van der Waals surface area contributed by atoms with Crippen LogP contribution in [-0.4, -0.2) is 16.3 Å². The van der Waals surface area contributed by atoms with Crippen LogP contribution in [-0.2, 0) is 5.11 Å². The van der Waals surface area contributed by atoms with Gasteiger partial charge in [-0.25, -0.2) is 5.11 Å². The summed E-state index contributed by atoms with van der Waals surface area (Å²) in [7, 11) is 0. The summed E-state index contributed by atoms with van der Waals surface area (Å²) in [6.07, 6.45) is 7.37. The molecule has 12 heavy (non-hydrogen) atoms. The molecule has 0 bridgehead atoms. The molecule has 2 unspecified atom stereocenters.